The number of fused-ring (bicyclic) bond motifs is 2. The van der Waals surface area contributed by atoms with Gasteiger partial charge in [-0.3, -0.25) is 0 Å². The van der Waals surface area contributed by atoms with Gasteiger partial charge in [0.1, 0.15) is 5.76 Å². The first-order valence-corrected chi connectivity index (χ1v) is 12.6. The highest BCUT2D eigenvalue weighted by Gasteiger charge is 2.24. The van der Waals surface area contributed by atoms with Crippen LogP contribution in [0.3, 0.4) is 0 Å². The van der Waals surface area contributed by atoms with Crippen molar-refractivity contribution in [2.24, 2.45) is 0 Å². The number of hydrogen-bond donors (Lipinski definition) is 0. The maximum Gasteiger partial charge on any atom is 0.143 e. The molecule has 0 aliphatic carbocycles. The molecule has 174 valence electrons. The van der Waals surface area contributed by atoms with Gasteiger partial charge in [-0.15, -0.1) is 0 Å². The van der Waals surface area contributed by atoms with Gasteiger partial charge in [0, 0.05) is 16.7 Å². The summed E-state index contributed by atoms with van der Waals surface area (Å²) in [6.07, 6.45) is 1.92. The Bertz CT molecular complexity index is 1790. The third kappa shape index (κ3) is 3.56. The van der Waals surface area contributed by atoms with Gasteiger partial charge < -0.3 is 4.42 Å². The van der Waals surface area contributed by atoms with Gasteiger partial charge in [0.05, 0.1) is 6.26 Å². The van der Waals surface area contributed by atoms with Crippen molar-refractivity contribution < 1.29 is 4.42 Å². The highest BCUT2D eigenvalue weighted by molar-refractivity contribution is 6.22. The van der Waals surface area contributed by atoms with Crippen LogP contribution in [-0.4, -0.2) is 0 Å². The van der Waals surface area contributed by atoms with Crippen LogP contribution in [0.1, 0.15) is 0 Å². The van der Waals surface area contributed by atoms with Crippen LogP contribution in [0, 0.1) is 0 Å². The smallest absolute Gasteiger partial charge is 0.143 e. The summed E-state index contributed by atoms with van der Waals surface area (Å²) in [7, 11) is 0. The minimum absolute atomic E-state index is 0.900. The van der Waals surface area contributed by atoms with E-state index in [0.29, 0.717) is 0 Å². The van der Waals surface area contributed by atoms with Crippen LogP contribution in [0.5, 0.6) is 0 Å². The van der Waals surface area contributed by atoms with Gasteiger partial charge >= 0.3 is 0 Å². The summed E-state index contributed by atoms with van der Waals surface area (Å²) < 4.78 is 6.55. The van der Waals surface area contributed by atoms with Crippen LogP contribution in [-0.2, 0) is 0 Å². The molecule has 0 saturated carbocycles. The third-order valence-electron chi connectivity index (χ3n) is 7.16. The molecule has 6 aromatic carbocycles. The minimum atomic E-state index is 0.900. The largest absolute Gasteiger partial charge is 0.463 e. The van der Waals surface area contributed by atoms with Crippen LogP contribution < -0.4 is 0 Å². The molecule has 7 aromatic rings. The molecule has 0 saturated heterocycles. The fourth-order valence-electron chi connectivity index (χ4n) is 5.55. The van der Waals surface area contributed by atoms with Crippen LogP contribution in [0.15, 0.2) is 150 Å². The van der Waals surface area contributed by atoms with E-state index in [4.69, 9.17) is 4.42 Å². The standard InChI is InChI=1S/C36H24O/c1-4-14-25(15-5-1)32-24-37-36(34(32)27-18-8-3-9-19-27)35-30-22-12-10-20-28(30)33(26-16-6-2-7-17-26)29-21-11-13-23-31(29)35/h1-24H. The van der Waals surface area contributed by atoms with E-state index in [1.54, 1.807) is 0 Å². The second kappa shape index (κ2) is 8.96. The van der Waals surface area contributed by atoms with Gasteiger partial charge in [-0.1, -0.05) is 140 Å². The molecule has 0 radical (unpaired) electrons. The van der Waals surface area contributed by atoms with Crippen molar-refractivity contribution in [2.45, 2.75) is 0 Å². The summed E-state index contributed by atoms with van der Waals surface area (Å²) in [4.78, 5) is 0. The van der Waals surface area contributed by atoms with E-state index in [2.05, 4.69) is 140 Å². The Morgan fingerprint density at radius 1 is 0.324 bits per heavy atom. The van der Waals surface area contributed by atoms with Gasteiger partial charge in [-0.05, 0) is 43.8 Å². The third-order valence-corrected chi connectivity index (χ3v) is 7.16. The van der Waals surface area contributed by atoms with Crippen LogP contribution in [0.2, 0.25) is 0 Å². The molecule has 0 aliphatic rings. The molecule has 0 unspecified atom stereocenters. The van der Waals surface area contributed by atoms with Crippen molar-refractivity contribution in [2.75, 3.05) is 0 Å². The van der Waals surface area contributed by atoms with E-state index in [1.807, 2.05) is 6.26 Å². The number of rotatable bonds is 4. The predicted molar refractivity (Wildman–Crippen MR) is 155 cm³/mol. The summed E-state index contributed by atoms with van der Waals surface area (Å²) in [6.45, 7) is 0. The molecule has 0 atom stereocenters. The summed E-state index contributed by atoms with van der Waals surface area (Å²) in [5, 5.41) is 4.82. The van der Waals surface area contributed by atoms with Crippen LogP contribution >= 0.6 is 0 Å². The number of hydrogen-bond acceptors (Lipinski definition) is 1. The maximum atomic E-state index is 6.55. The first kappa shape index (κ1) is 21.4. The molecule has 1 nitrogen and oxygen atoms in total. The Morgan fingerprint density at radius 2 is 0.703 bits per heavy atom. The van der Waals surface area contributed by atoms with Crippen LogP contribution in [0.25, 0.3) is 66.2 Å². The zero-order valence-corrected chi connectivity index (χ0v) is 20.3. The van der Waals surface area contributed by atoms with Crippen LogP contribution in [0.4, 0.5) is 0 Å². The fourth-order valence-corrected chi connectivity index (χ4v) is 5.55. The van der Waals surface area contributed by atoms with Gasteiger partial charge in [0.25, 0.3) is 0 Å². The lowest BCUT2D eigenvalue weighted by atomic mass is 9.85. The molecular weight excluding hydrogens is 448 g/mol. The van der Waals surface area contributed by atoms with Crippen molar-refractivity contribution in [3.8, 4) is 44.7 Å². The summed E-state index contributed by atoms with van der Waals surface area (Å²) in [6, 6.07) is 49.2. The van der Waals surface area contributed by atoms with E-state index in [9.17, 15) is 0 Å². The van der Waals surface area contributed by atoms with Crippen molar-refractivity contribution in [1.82, 2.24) is 0 Å². The Morgan fingerprint density at radius 3 is 1.19 bits per heavy atom. The van der Waals surface area contributed by atoms with Gasteiger partial charge in [0.2, 0.25) is 0 Å². The average Bonchev–Trinajstić information content (AvgIpc) is 3.42. The molecule has 1 heterocycles. The Balaban J connectivity index is 1.63. The molecule has 1 heteroatoms. The Hall–Kier alpha value is -4.88. The average molecular weight is 473 g/mol. The van der Waals surface area contributed by atoms with Crippen molar-refractivity contribution in [3.63, 3.8) is 0 Å². The molecule has 37 heavy (non-hydrogen) atoms. The monoisotopic (exact) mass is 472 g/mol. The topological polar surface area (TPSA) is 13.1 Å². The number of benzene rings is 6. The molecule has 0 aliphatic heterocycles. The lowest BCUT2D eigenvalue weighted by molar-refractivity contribution is 0.585. The normalized spacial score (nSPS) is 11.2. The molecule has 0 spiro atoms. The van der Waals surface area contributed by atoms with E-state index < -0.39 is 0 Å². The Kier molecular flexibility index (Phi) is 5.19. The Labute approximate surface area is 216 Å². The second-order valence-corrected chi connectivity index (χ2v) is 9.29. The highest BCUT2D eigenvalue weighted by Crippen LogP contribution is 2.48. The quantitative estimate of drug-likeness (QED) is 0.232. The molecule has 1 aromatic heterocycles. The van der Waals surface area contributed by atoms with E-state index in [-0.39, 0.29) is 0 Å². The summed E-state index contributed by atoms with van der Waals surface area (Å²) in [5.41, 5.74) is 8.11. The van der Waals surface area contributed by atoms with Crippen molar-refractivity contribution in [3.05, 3.63) is 146 Å². The second-order valence-electron chi connectivity index (χ2n) is 9.29. The zero-order chi connectivity index (χ0) is 24.6. The van der Waals surface area contributed by atoms with Gasteiger partial charge in [-0.2, -0.15) is 0 Å². The molecule has 0 N–H and O–H groups in total. The van der Waals surface area contributed by atoms with E-state index >= 15 is 0 Å². The fraction of sp³-hybridized carbons (Fsp3) is 0. The summed E-state index contributed by atoms with van der Waals surface area (Å²) in [5.74, 6) is 0.900. The van der Waals surface area contributed by atoms with E-state index in [1.165, 1.54) is 32.7 Å². The van der Waals surface area contributed by atoms with Gasteiger partial charge in [-0.25, -0.2) is 0 Å². The van der Waals surface area contributed by atoms with Gasteiger partial charge in [0.15, 0.2) is 0 Å². The predicted octanol–water partition coefficient (Wildman–Crippen LogP) is 10.3. The lowest BCUT2D eigenvalue weighted by Gasteiger charge is -2.17. The molecular formula is C36H24O. The maximum absolute atomic E-state index is 6.55. The zero-order valence-electron chi connectivity index (χ0n) is 20.3. The lowest BCUT2D eigenvalue weighted by Crippen LogP contribution is -1.91. The first-order chi connectivity index (χ1) is 18.4. The van der Waals surface area contributed by atoms with Crippen molar-refractivity contribution in [1.29, 1.82) is 0 Å². The SMILES string of the molecule is c1ccc(-c2coc(-c3c4ccccc4c(-c4ccccc4)c4ccccc34)c2-c2ccccc2)cc1. The highest BCUT2D eigenvalue weighted by atomic mass is 16.3. The van der Waals surface area contributed by atoms with Crippen molar-refractivity contribution >= 4 is 21.5 Å². The molecule has 0 fully saturated rings. The molecule has 0 amide bonds. The minimum Gasteiger partial charge on any atom is -0.463 e. The van der Waals surface area contributed by atoms with E-state index in [0.717, 1.165) is 33.6 Å². The summed E-state index contributed by atoms with van der Waals surface area (Å²) >= 11 is 0. The first-order valence-electron chi connectivity index (χ1n) is 12.6. The molecule has 0 bridgehead atoms. The molecule has 7 rings (SSSR count). The number of furan rings is 1.